The molecule has 0 atom stereocenters. The quantitative estimate of drug-likeness (QED) is 0.659. The number of nitrogens with one attached hydrogen (secondary N) is 1. The van der Waals surface area contributed by atoms with Crippen LogP contribution in [-0.2, 0) is 12.8 Å². The van der Waals surface area contributed by atoms with Crippen LogP contribution in [0.25, 0.3) is 0 Å². The number of benzene rings is 1. The van der Waals surface area contributed by atoms with Crippen LogP contribution < -0.4 is 5.69 Å². The molecule has 0 aliphatic rings. The minimum Gasteiger partial charge on any atom is -0.395 e. The number of hydrogen-bond donors (Lipinski definition) is 2. The van der Waals surface area contributed by atoms with E-state index in [1.165, 1.54) is 22.4 Å². The lowest BCUT2D eigenvalue weighted by molar-refractivity contribution is 0.305. The number of aromatic amines is 1. The van der Waals surface area contributed by atoms with Crippen LogP contribution in [0.2, 0.25) is 0 Å². The summed E-state index contributed by atoms with van der Waals surface area (Å²) in [7, 11) is 1.63. The van der Waals surface area contributed by atoms with Crippen LogP contribution in [0.4, 0.5) is 4.39 Å². The number of thioether (sulfide) groups is 1. The predicted molar refractivity (Wildman–Crippen MR) is 78.4 cm³/mol. The fourth-order valence-corrected chi connectivity index (χ4v) is 2.44. The molecule has 110 valence electrons. The molecule has 0 unspecified atom stereocenters. The van der Waals surface area contributed by atoms with Gasteiger partial charge in [-0.25, -0.2) is 14.3 Å². The Morgan fingerprint density at radius 2 is 2.33 bits per heavy atom. The van der Waals surface area contributed by atoms with Crippen molar-refractivity contribution in [1.29, 1.82) is 0 Å². The minimum absolute atomic E-state index is 0.0443. The Kier molecular flexibility index (Phi) is 5.20. The highest BCUT2D eigenvalue weighted by molar-refractivity contribution is 7.98. The molecule has 1 aromatic heterocycles. The van der Waals surface area contributed by atoms with Gasteiger partial charge in [0.15, 0.2) is 5.16 Å². The molecule has 21 heavy (non-hydrogen) atoms. The third-order valence-electron chi connectivity index (χ3n) is 2.70. The highest BCUT2D eigenvalue weighted by Gasteiger charge is 2.06. The molecule has 0 fully saturated rings. The summed E-state index contributed by atoms with van der Waals surface area (Å²) in [5, 5.41) is 15.5. The summed E-state index contributed by atoms with van der Waals surface area (Å²) in [6.45, 7) is -0.0443. The van der Waals surface area contributed by atoms with Crippen LogP contribution in [0.1, 0.15) is 17.5 Å². The minimum atomic E-state index is -0.388. The first-order chi connectivity index (χ1) is 10.1. The molecule has 1 heterocycles. The molecule has 2 N–H and O–H groups in total. The Labute approximate surface area is 125 Å². The van der Waals surface area contributed by atoms with Crippen molar-refractivity contribution in [2.75, 3.05) is 6.61 Å². The number of rotatable bonds is 4. The third-order valence-corrected chi connectivity index (χ3v) is 3.80. The lowest BCUT2D eigenvalue weighted by Crippen LogP contribution is -2.12. The van der Waals surface area contributed by atoms with E-state index < -0.39 is 0 Å². The Balaban J connectivity index is 2.11. The topological polar surface area (TPSA) is 70.9 Å². The largest absolute Gasteiger partial charge is 0.395 e. The second kappa shape index (κ2) is 7.11. The molecule has 0 radical (unpaired) electrons. The van der Waals surface area contributed by atoms with Gasteiger partial charge >= 0.3 is 5.69 Å². The SMILES string of the molecule is Cn1c(SCc2ccc(F)c(C#CCCO)c2)n[nH]c1=O. The van der Waals surface area contributed by atoms with E-state index in [0.717, 1.165) is 5.56 Å². The second-order valence-electron chi connectivity index (χ2n) is 4.25. The monoisotopic (exact) mass is 307 g/mol. The summed E-state index contributed by atoms with van der Waals surface area (Å²) < 4.78 is 15.0. The third kappa shape index (κ3) is 3.97. The van der Waals surface area contributed by atoms with Crippen molar-refractivity contribution >= 4 is 11.8 Å². The summed E-state index contributed by atoms with van der Waals surface area (Å²) >= 11 is 1.37. The molecule has 0 bridgehead atoms. The van der Waals surface area contributed by atoms with Crippen molar-refractivity contribution in [2.45, 2.75) is 17.3 Å². The number of hydrogen-bond acceptors (Lipinski definition) is 4. The first-order valence-electron chi connectivity index (χ1n) is 6.24. The standard InChI is InChI=1S/C14H14FN3O2S/c1-18-13(20)16-17-14(18)21-9-10-5-6-12(15)11(8-10)4-2-3-7-19/h5-6,8,19H,3,7,9H2,1H3,(H,16,20). The maximum atomic E-state index is 13.6. The molecular weight excluding hydrogens is 293 g/mol. The molecular formula is C14H14FN3O2S. The van der Waals surface area contributed by atoms with Gasteiger partial charge in [0.2, 0.25) is 0 Å². The Morgan fingerprint density at radius 1 is 1.52 bits per heavy atom. The van der Waals surface area contributed by atoms with Crippen LogP contribution in [-0.4, -0.2) is 26.5 Å². The second-order valence-corrected chi connectivity index (χ2v) is 5.19. The normalized spacial score (nSPS) is 10.2. The molecule has 2 rings (SSSR count). The predicted octanol–water partition coefficient (Wildman–Crippen LogP) is 1.27. The highest BCUT2D eigenvalue weighted by atomic mass is 32.2. The van der Waals surface area contributed by atoms with Crippen LogP contribution in [0.5, 0.6) is 0 Å². The highest BCUT2D eigenvalue weighted by Crippen LogP contribution is 2.20. The lowest BCUT2D eigenvalue weighted by atomic mass is 10.1. The maximum absolute atomic E-state index is 13.6. The van der Waals surface area contributed by atoms with E-state index in [1.54, 1.807) is 19.2 Å². The van der Waals surface area contributed by atoms with E-state index in [4.69, 9.17) is 5.11 Å². The average Bonchev–Trinajstić information content (AvgIpc) is 2.79. The van der Waals surface area contributed by atoms with E-state index in [2.05, 4.69) is 22.0 Å². The van der Waals surface area contributed by atoms with Gasteiger partial charge in [-0.15, -0.1) is 5.10 Å². The molecule has 0 amide bonds. The summed E-state index contributed by atoms with van der Waals surface area (Å²) in [4.78, 5) is 11.2. The molecule has 0 saturated heterocycles. The molecule has 0 aliphatic carbocycles. The number of halogens is 1. The summed E-state index contributed by atoms with van der Waals surface area (Å²) in [5.74, 6) is 5.55. The van der Waals surface area contributed by atoms with E-state index in [1.807, 2.05) is 0 Å². The van der Waals surface area contributed by atoms with Crippen molar-refractivity contribution < 1.29 is 9.50 Å². The van der Waals surface area contributed by atoms with Gasteiger partial charge in [0, 0.05) is 19.2 Å². The molecule has 0 spiro atoms. The Hall–Kier alpha value is -2.04. The van der Waals surface area contributed by atoms with Crippen LogP contribution in [0.15, 0.2) is 28.2 Å². The maximum Gasteiger partial charge on any atom is 0.343 e. The van der Waals surface area contributed by atoms with Gasteiger partial charge in [0.25, 0.3) is 0 Å². The summed E-state index contributed by atoms with van der Waals surface area (Å²) in [6, 6.07) is 4.70. The average molecular weight is 307 g/mol. The van der Waals surface area contributed by atoms with Crippen LogP contribution >= 0.6 is 11.8 Å². The van der Waals surface area contributed by atoms with E-state index >= 15 is 0 Å². The van der Waals surface area contributed by atoms with Crippen molar-refractivity contribution in [2.24, 2.45) is 7.05 Å². The van der Waals surface area contributed by atoms with Gasteiger partial charge in [-0.3, -0.25) is 4.57 Å². The first kappa shape index (κ1) is 15.4. The molecule has 1 aromatic carbocycles. The van der Waals surface area contributed by atoms with Gasteiger partial charge in [-0.2, -0.15) is 0 Å². The lowest BCUT2D eigenvalue weighted by Gasteiger charge is -2.02. The smallest absolute Gasteiger partial charge is 0.343 e. The van der Waals surface area contributed by atoms with Crippen molar-refractivity contribution in [3.8, 4) is 11.8 Å². The van der Waals surface area contributed by atoms with Gasteiger partial charge in [0.1, 0.15) is 5.82 Å². The molecule has 5 nitrogen and oxygen atoms in total. The zero-order valence-electron chi connectivity index (χ0n) is 11.4. The number of aliphatic hydroxyl groups is 1. The fraction of sp³-hybridized carbons (Fsp3) is 0.286. The van der Waals surface area contributed by atoms with Crippen LogP contribution in [0.3, 0.4) is 0 Å². The van der Waals surface area contributed by atoms with E-state index in [0.29, 0.717) is 22.9 Å². The van der Waals surface area contributed by atoms with Gasteiger partial charge in [-0.05, 0) is 17.7 Å². The first-order valence-corrected chi connectivity index (χ1v) is 7.22. The van der Waals surface area contributed by atoms with E-state index in [9.17, 15) is 9.18 Å². The Bertz CT molecular complexity index is 743. The molecule has 0 saturated carbocycles. The number of aliphatic hydroxyl groups excluding tert-OH is 1. The molecule has 7 heteroatoms. The van der Waals surface area contributed by atoms with Crippen molar-refractivity contribution in [3.05, 3.63) is 45.6 Å². The number of aromatic nitrogens is 3. The van der Waals surface area contributed by atoms with Crippen molar-refractivity contribution in [3.63, 3.8) is 0 Å². The fourth-order valence-electron chi connectivity index (χ4n) is 1.58. The van der Waals surface area contributed by atoms with E-state index in [-0.39, 0.29) is 18.1 Å². The molecule has 2 aromatic rings. The summed E-state index contributed by atoms with van der Waals surface area (Å²) in [5.41, 5.74) is 0.912. The van der Waals surface area contributed by atoms with Gasteiger partial charge in [0.05, 0.1) is 12.2 Å². The Morgan fingerprint density at radius 3 is 3.00 bits per heavy atom. The molecule has 0 aliphatic heterocycles. The van der Waals surface area contributed by atoms with Crippen molar-refractivity contribution in [1.82, 2.24) is 14.8 Å². The zero-order chi connectivity index (χ0) is 15.2. The zero-order valence-corrected chi connectivity index (χ0v) is 12.2. The van der Waals surface area contributed by atoms with Gasteiger partial charge < -0.3 is 5.11 Å². The summed E-state index contributed by atoms with van der Waals surface area (Å²) in [6.07, 6.45) is 0.313. The number of H-pyrrole nitrogens is 1. The van der Waals surface area contributed by atoms with Gasteiger partial charge in [-0.1, -0.05) is 29.7 Å². The number of nitrogens with zero attached hydrogens (tertiary/aromatic N) is 2. The van der Waals surface area contributed by atoms with Crippen LogP contribution in [0, 0.1) is 17.7 Å².